The van der Waals surface area contributed by atoms with Crippen molar-refractivity contribution in [3.8, 4) is 0 Å². The molecule has 41 heavy (non-hydrogen) atoms. The third-order valence-electron chi connectivity index (χ3n) is 7.71. The first-order valence-electron chi connectivity index (χ1n) is 14.3. The Morgan fingerprint density at radius 1 is 0.780 bits per heavy atom. The number of aliphatic carboxylic acids is 1. The van der Waals surface area contributed by atoms with E-state index in [0.717, 1.165) is 5.56 Å². The van der Waals surface area contributed by atoms with Crippen molar-refractivity contribution >= 4 is 29.0 Å². The lowest BCUT2D eigenvalue weighted by Crippen LogP contribution is -2.26. The molecule has 1 aliphatic carbocycles. The fraction of sp³-hybridized carbons (Fsp3) is 0.314. The van der Waals surface area contributed by atoms with Gasteiger partial charge in [-0.1, -0.05) is 93.8 Å². The Hall–Kier alpha value is -4.32. The standard InChI is InChI=1S/C35H37NO5/c1-23(2)24-8-14-28(15-9-24)32(37)22-31(27-12-10-26(11-13-27)25-6-4-3-5-7-25)34(40)29-16-18-30(19-17-29)35(41)36-21-20-33(38)39/h8-19,22-23,25H,3-7,20-21H2,1-2H3,(H,36,41)(H,38,39). The van der Waals surface area contributed by atoms with Crippen LogP contribution in [0.2, 0.25) is 0 Å². The predicted molar refractivity (Wildman–Crippen MR) is 160 cm³/mol. The molecule has 1 aliphatic rings. The Bertz CT molecular complexity index is 1410. The van der Waals surface area contributed by atoms with Gasteiger partial charge in [0.1, 0.15) is 0 Å². The van der Waals surface area contributed by atoms with Crippen LogP contribution in [0.25, 0.3) is 5.57 Å². The van der Waals surface area contributed by atoms with E-state index in [-0.39, 0.29) is 30.1 Å². The number of benzene rings is 3. The molecule has 0 radical (unpaired) electrons. The van der Waals surface area contributed by atoms with Gasteiger partial charge in [-0.25, -0.2) is 0 Å². The quantitative estimate of drug-likeness (QED) is 0.194. The van der Waals surface area contributed by atoms with Crippen molar-refractivity contribution in [3.63, 3.8) is 0 Å². The lowest BCUT2D eigenvalue weighted by Gasteiger charge is -2.22. The SMILES string of the molecule is CC(C)c1ccc(C(=O)C=C(C(=O)c2ccc(C(=O)NCCC(=O)O)cc2)c2ccc(C3CCCCC3)cc2)cc1. The maximum absolute atomic E-state index is 13.8. The lowest BCUT2D eigenvalue weighted by molar-refractivity contribution is -0.136. The van der Waals surface area contributed by atoms with Gasteiger partial charge in [0.05, 0.1) is 6.42 Å². The number of Topliss-reactive ketones (excluding diaryl/α,β-unsaturated/α-hetero) is 1. The summed E-state index contributed by atoms with van der Waals surface area (Å²) in [5.74, 6) is -1.12. The molecule has 0 saturated heterocycles. The van der Waals surface area contributed by atoms with Crippen LogP contribution < -0.4 is 5.32 Å². The van der Waals surface area contributed by atoms with Crippen LogP contribution in [0.15, 0.2) is 78.9 Å². The molecule has 212 valence electrons. The number of carboxylic acid groups (broad SMARTS) is 1. The normalized spacial score (nSPS) is 14.1. The average molecular weight is 552 g/mol. The van der Waals surface area contributed by atoms with E-state index < -0.39 is 11.9 Å². The van der Waals surface area contributed by atoms with E-state index in [0.29, 0.717) is 34.1 Å². The Morgan fingerprint density at radius 2 is 1.34 bits per heavy atom. The fourth-order valence-corrected chi connectivity index (χ4v) is 5.21. The summed E-state index contributed by atoms with van der Waals surface area (Å²) in [4.78, 5) is 50.2. The highest BCUT2D eigenvalue weighted by atomic mass is 16.4. The van der Waals surface area contributed by atoms with Crippen LogP contribution in [-0.2, 0) is 4.79 Å². The minimum atomic E-state index is -0.997. The Kier molecular flexibility index (Phi) is 10.0. The summed E-state index contributed by atoms with van der Waals surface area (Å²) >= 11 is 0. The summed E-state index contributed by atoms with van der Waals surface area (Å²) in [6, 6.07) is 21.6. The number of carboxylic acids is 1. The molecule has 0 unspecified atom stereocenters. The summed E-state index contributed by atoms with van der Waals surface area (Å²) in [6.07, 6.45) is 7.31. The van der Waals surface area contributed by atoms with Crippen molar-refractivity contribution in [1.82, 2.24) is 5.32 Å². The minimum Gasteiger partial charge on any atom is -0.481 e. The van der Waals surface area contributed by atoms with Gasteiger partial charge in [-0.15, -0.1) is 0 Å². The van der Waals surface area contributed by atoms with E-state index >= 15 is 0 Å². The number of allylic oxidation sites excluding steroid dienone is 2. The number of carbonyl (C=O) groups is 4. The summed E-state index contributed by atoms with van der Waals surface area (Å²) in [6.45, 7) is 4.20. The number of amides is 1. The Morgan fingerprint density at radius 3 is 1.93 bits per heavy atom. The number of nitrogens with one attached hydrogen (secondary N) is 1. The number of carbonyl (C=O) groups excluding carboxylic acids is 3. The van der Waals surface area contributed by atoms with Gasteiger partial charge in [-0.3, -0.25) is 19.2 Å². The van der Waals surface area contributed by atoms with Gasteiger partial charge in [0.2, 0.25) is 0 Å². The Labute approximate surface area is 241 Å². The highest BCUT2D eigenvalue weighted by Crippen LogP contribution is 2.33. The zero-order chi connectivity index (χ0) is 29.4. The van der Waals surface area contributed by atoms with Crippen molar-refractivity contribution in [2.75, 3.05) is 6.54 Å². The van der Waals surface area contributed by atoms with Crippen LogP contribution in [0.3, 0.4) is 0 Å². The monoisotopic (exact) mass is 551 g/mol. The molecule has 4 rings (SSSR count). The smallest absolute Gasteiger partial charge is 0.305 e. The van der Waals surface area contributed by atoms with Gasteiger partial charge in [0.15, 0.2) is 11.6 Å². The molecule has 1 fully saturated rings. The Balaban J connectivity index is 1.61. The lowest BCUT2D eigenvalue weighted by atomic mass is 9.83. The van der Waals surface area contributed by atoms with Crippen molar-refractivity contribution in [2.24, 2.45) is 0 Å². The summed E-state index contributed by atoms with van der Waals surface area (Å²) < 4.78 is 0. The molecular weight excluding hydrogens is 514 g/mol. The first kappa shape index (κ1) is 29.7. The fourth-order valence-electron chi connectivity index (χ4n) is 5.21. The van der Waals surface area contributed by atoms with Gasteiger partial charge in [0.25, 0.3) is 5.91 Å². The molecule has 0 spiro atoms. The van der Waals surface area contributed by atoms with Crippen LogP contribution in [-0.4, -0.2) is 35.1 Å². The van der Waals surface area contributed by atoms with Crippen LogP contribution in [0.4, 0.5) is 0 Å². The molecule has 3 aromatic carbocycles. The van der Waals surface area contributed by atoms with Gasteiger partial charge < -0.3 is 10.4 Å². The molecule has 6 heteroatoms. The van der Waals surface area contributed by atoms with E-state index in [1.54, 1.807) is 24.3 Å². The topological polar surface area (TPSA) is 101 Å². The van der Waals surface area contributed by atoms with Crippen molar-refractivity contribution < 1.29 is 24.3 Å². The van der Waals surface area contributed by atoms with Crippen LogP contribution >= 0.6 is 0 Å². The molecule has 0 aliphatic heterocycles. The number of hydrogen-bond donors (Lipinski definition) is 2. The highest BCUT2D eigenvalue weighted by Gasteiger charge is 2.20. The first-order chi connectivity index (χ1) is 19.7. The molecule has 3 aromatic rings. The molecule has 2 N–H and O–H groups in total. The molecule has 0 bridgehead atoms. The van der Waals surface area contributed by atoms with Gasteiger partial charge in [-0.05, 0) is 59.6 Å². The number of hydrogen-bond acceptors (Lipinski definition) is 4. The number of ketones is 2. The van der Waals surface area contributed by atoms with Crippen molar-refractivity contribution in [3.05, 3.63) is 112 Å². The summed E-state index contributed by atoms with van der Waals surface area (Å²) in [5, 5.41) is 11.3. The van der Waals surface area contributed by atoms with Crippen LogP contribution in [0, 0.1) is 0 Å². The van der Waals surface area contributed by atoms with Gasteiger partial charge >= 0.3 is 5.97 Å². The molecule has 0 atom stereocenters. The molecule has 6 nitrogen and oxygen atoms in total. The van der Waals surface area contributed by atoms with E-state index in [1.165, 1.54) is 55.9 Å². The second-order valence-corrected chi connectivity index (χ2v) is 11.0. The van der Waals surface area contributed by atoms with Crippen molar-refractivity contribution in [2.45, 2.75) is 64.2 Å². The van der Waals surface area contributed by atoms with E-state index in [4.69, 9.17) is 5.11 Å². The predicted octanol–water partition coefficient (Wildman–Crippen LogP) is 7.21. The molecule has 1 amide bonds. The van der Waals surface area contributed by atoms with Gasteiger partial charge in [0, 0.05) is 28.8 Å². The molecule has 0 aromatic heterocycles. The summed E-state index contributed by atoms with van der Waals surface area (Å²) in [5.41, 5.74) is 4.51. The van der Waals surface area contributed by atoms with E-state index in [2.05, 4.69) is 31.3 Å². The van der Waals surface area contributed by atoms with Gasteiger partial charge in [-0.2, -0.15) is 0 Å². The maximum Gasteiger partial charge on any atom is 0.305 e. The van der Waals surface area contributed by atoms with Crippen LogP contribution in [0.5, 0.6) is 0 Å². The zero-order valence-corrected chi connectivity index (χ0v) is 23.7. The molecule has 0 heterocycles. The molecular formula is C35H37NO5. The second-order valence-electron chi connectivity index (χ2n) is 11.0. The molecule has 1 saturated carbocycles. The van der Waals surface area contributed by atoms with Crippen LogP contribution in [0.1, 0.15) is 112 Å². The number of rotatable bonds is 11. The first-order valence-corrected chi connectivity index (χ1v) is 14.3. The van der Waals surface area contributed by atoms with E-state index in [9.17, 15) is 19.2 Å². The third-order valence-corrected chi connectivity index (χ3v) is 7.71. The van der Waals surface area contributed by atoms with E-state index in [1.807, 2.05) is 24.3 Å². The largest absolute Gasteiger partial charge is 0.481 e. The summed E-state index contributed by atoms with van der Waals surface area (Å²) in [7, 11) is 0. The third kappa shape index (κ3) is 7.88. The second kappa shape index (κ2) is 13.8. The highest BCUT2D eigenvalue weighted by molar-refractivity contribution is 6.32. The van der Waals surface area contributed by atoms with Crippen molar-refractivity contribution in [1.29, 1.82) is 0 Å². The zero-order valence-electron chi connectivity index (χ0n) is 23.7. The minimum absolute atomic E-state index is 0.0127. The average Bonchev–Trinajstić information content (AvgIpc) is 3.00. The maximum atomic E-state index is 13.8.